The van der Waals surface area contributed by atoms with Gasteiger partial charge in [-0.05, 0) is 31.5 Å². The Morgan fingerprint density at radius 2 is 2.00 bits per heavy atom. The van der Waals surface area contributed by atoms with Crippen molar-refractivity contribution in [3.8, 4) is 5.75 Å². The van der Waals surface area contributed by atoms with E-state index in [1.54, 1.807) is 13.8 Å². The van der Waals surface area contributed by atoms with E-state index >= 15 is 0 Å². The Labute approximate surface area is 149 Å². The largest absolute Gasteiger partial charge is 0.494 e. The van der Waals surface area contributed by atoms with Gasteiger partial charge in [-0.1, -0.05) is 6.92 Å². The van der Waals surface area contributed by atoms with Gasteiger partial charge in [-0.15, -0.1) is 0 Å². The van der Waals surface area contributed by atoms with Crippen molar-refractivity contribution in [2.45, 2.75) is 25.8 Å². The number of rotatable bonds is 7. The molecule has 26 heavy (non-hydrogen) atoms. The predicted octanol–water partition coefficient (Wildman–Crippen LogP) is 1.28. The van der Waals surface area contributed by atoms with Crippen molar-refractivity contribution in [3.63, 3.8) is 0 Å². The highest BCUT2D eigenvalue weighted by molar-refractivity contribution is 6.08. The Morgan fingerprint density at radius 1 is 1.31 bits per heavy atom. The molecule has 0 unspecified atom stereocenters. The molecular weight excluding hydrogens is 347 g/mol. The fraction of sp³-hybridized carbons (Fsp3) is 0.412. The molecule has 1 saturated heterocycles. The molecular formula is C17H19FN2O6. The molecule has 3 amide bonds. The molecule has 1 aliphatic rings. The van der Waals surface area contributed by atoms with Gasteiger partial charge in [0, 0.05) is 5.56 Å². The van der Waals surface area contributed by atoms with Crippen molar-refractivity contribution in [3.05, 3.63) is 29.6 Å². The van der Waals surface area contributed by atoms with Gasteiger partial charge >= 0.3 is 12.0 Å². The van der Waals surface area contributed by atoms with E-state index in [4.69, 9.17) is 9.47 Å². The number of nitrogens with zero attached hydrogens (tertiary/aromatic N) is 1. The third kappa shape index (κ3) is 3.81. The predicted molar refractivity (Wildman–Crippen MR) is 87.2 cm³/mol. The summed E-state index contributed by atoms with van der Waals surface area (Å²) in [6, 6.07) is 2.89. The molecule has 1 fully saturated rings. The van der Waals surface area contributed by atoms with Crippen molar-refractivity contribution in [1.29, 1.82) is 0 Å². The number of imide groups is 1. The molecule has 0 aliphatic carbocycles. The van der Waals surface area contributed by atoms with Crippen LogP contribution in [-0.4, -0.2) is 54.4 Å². The molecule has 2 rings (SSSR count). The van der Waals surface area contributed by atoms with Gasteiger partial charge in [0.05, 0.1) is 7.11 Å². The van der Waals surface area contributed by atoms with E-state index in [0.717, 1.165) is 11.0 Å². The van der Waals surface area contributed by atoms with Crippen LogP contribution in [0.1, 0.15) is 30.6 Å². The minimum Gasteiger partial charge on any atom is -0.494 e. The van der Waals surface area contributed by atoms with Crippen molar-refractivity contribution < 1.29 is 33.0 Å². The average Bonchev–Trinajstić information content (AvgIpc) is 2.83. The number of benzene rings is 1. The molecule has 1 atom stereocenters. The Morgan fingerprint density at radius 3 is 2.54 bits per heavy atom. The van der Waals surface area contributed by atoms with E-state index in [-0.39, 0.29) is 11.3 Å². The second-order valence-electron chi connectivity index (χ2n) is 5.94. The minimum absolute atomic E-state index is 0.00431. The summed E-state index contributed by atoms with van der Waals surface area (Å²) in [5.41, 5.74) is -1.06. The normalized spacial score (nSPS) is 19.3. The molecule has 0 saturated carbocycles. The summed E-state index contributed by atoms with van der Waals surface area (Å²) in [6.45, 7) is 2.04. The molecule has 9 heteroatoms. The van der Waals surface area contributed by atoms with Crippen LogP contribution < -0.4 is 10.1 Å². The molecule has 140 valence electrons. The van der Waals surface area contributed by atoms with E-state index in [1.807, 2.05) is 0 Å². The van der Waals surface area contributed by atoms with Gasteiger partial charge in [0.1, 0.15) is 12.1 Å². The summed E-state index contributed by atoms with van der Waals surface area (Å²) in [4.78, 5) is 48.6. The summed E-state index contributed by atoms with van der Waals surface area (Å²) >= 11 is 0. The lowest BCUT2D eigenvalue weighted by molar-refractivity contribution is -0.146. The number of esters is 1. The van der Waals surface area contributed by atoms with Crippen LogP contribution >= 0.6 is 0 Å². The third-order valence-corrected chi connectivity index (χ3v) is 4.18. The number of ether oxygens (including phenoxy) is 2. The maximum absolute atomic E-state index is 13.6. The van der Waals surface area contributed by atoms with E-state index in [9.17, 15) is 23.6 Å². The topological polar surface area (TPSA) is 102 Å². The highest BCUT2D eigenvalue weighted by atomic mass is 19.1. The van der Waals surface area contributed by atoms with Crippen LogP contribution in [0.3, 0.4) is 0 Å². The van der Waals surface area contributed by atoms with Crippen molar-refractivity contribution in [2.24, 2.45) is 0 Å². The smallest absolute Gasteiger partial charge is 0.326 e. The van der Waals surface area contributed by atoms with E-state index in [1.165, 1.54) is 19.2 Å². The van der Waals surface area contributed by atoms with Gasteiger partial charge in [-0.3, -0.25) is 19.3 Å². The highest BCUT2D eigenvalue weighted by Crippen LogP contribution is 2.21. The van der Waals surface area contributed by atoms with Crippen LogP contribution in [0, 0.1) is 5.82 Å². The number of ketones is 1. The first-order chi connectivity index (χ1) is 12.2. The van der Waals surface area contributed by atoms with Crippen molar-refractivity contribution in [1.82, 2.24) is 10.2 Å². The Balaban J connectivity index is 1.93. The van der Waals surface area contributed by atoms with Gasteiger partial charge in [0.25, 0.3) is 5.91 Å². The zero-order chi connectivity index (χ0) is 19.5. The number of Topliss-reactive ketones (excluding diaryl/α,β-unsaturated/α-hetero) is 1. The number of amides is 3. The first-order valence-electron chi connectivity index (χ1n) is 7.88. The monoisotopic (exact) mass is 366 g/mol. The van der Waals surface area contributed by atoms with Crippen LogP contribution in [0.5, 0.6) is 5.75 Å². The quantitative estimate of drug-likeness (QED) is 0.443. The number of carbonyl (C=O) groups is 4. The number of hydrogen-bond acceptors (Lipinski definition) is 6. The van der Waals surface area contributed by atoms with Crippen LogP contribution in [0.15, 0.2) is 18.2 Å². The Kier molecular flexibility index (Phi) is 5.59. The van der Waals surface area contributed by atoms with E-state index in [0.29, 0.717) is 6.42 Å². The second kappa shape index (κ2) is 7.51. The lowest BCUT2D eigenvalue weighted by Gasteiger charge is -2.18. The molecule has 0 bridgehead atoms. The van der Waals surface area contributed by atoms with Crippen LogP contribution in [0.4, 0.5) is 9.18 Å². The standard InChI is InChI=1S/C17H19FN2O6/c1-4-17(2)15(23)20(16(24)19-17)8-14(22)26-9-12(21)10-5-6-13(25-3)11(18)7-10/h5-7H,4,8-9H2,1-3H3,(H,19,24)/t17-/m1/s1. The summed E-state index contributed by atoms with van der Waals surface area (Å²) in [5, 5.41) is 2.50. The van der Waals surface area contributed by atoms with Gasteiger partial charge in [0.15, 0.2) is 24.0 Å². The zero-order valence-corrected chi connectivity index (χ0v) is 14.6. The number of methoxy groups -OCH3 is 1. The number of carbonyl (C=O) groups excluding carboxylic acids is 4. The van der Waals surface area contributed by atoms with Crippen LogP contribution in [0.25, 0.3) is 0 Å². The molecule has 1 aliphatic heterocycles. The molecule has 0 aromatic heterocycles. The molecule has 1 heterocycles. The molecule has 1 aromatic rings. The maximum atomic E-state index is 13.6. The number of halogens is 1. The summed E-state index contributed by atoms with van der Waals surface area (Å²) < 4.78 is 23.1. The lowest BCUT2D eigenvalue weighted by Crippen LogP contribution is -2.43. The third-order valence-electron chi connectivity index (χ3n) is 4.18. The minimum atomic E-state index is -1.06. The average molecular weight is 366 g/mol. The first kappa shape index (κ1) is 19.4. The summed E-state index contributed by atoms with van der Waals surface area (Å²) in [5.74, 6) is -2.82. The van der Waals surface area contributed by atoms with E-state index < -0.39 is 48.2 Å². The highest BCUT2D eigenvalue weighted by Gasteiger charge is 2.47. The summed E-state index contributed by atoms with van der Waals surface area (Å²) in [7, 11) is 1.29. The molecule has 1 aromatic carbocycles. The van der Waals surface area contributed by atoms with Crippen molar-refractivity contribution in [2.75, 3.05) is 20.3 Å². The second-order valence-corrected chi connectivity index (χ2v) is 5.94. The van der Waals surface area contributed by atoms with Gasteiger partial charge in [-0.2, -0.15) is 0 Å². The molecule has 8 nitrogen and oxygen atoms in total. The Bertz CT molecular complexity index is 766. The SMILES string of the molecule is CC[C@@]1(C)NC(=O)N(CC(=O)OCC(=O)c2ccc(OC)c(F)c2)C1=O. The number of hydrogen-bond donors (Lipinski definition) is 1. The fourth-order valence-electron chi connectivity index (χ4n) is 2.37. The Hall–Kier alpha value is -2.97. The molecule has 0 radical (unpaired) electrons. The van der Waals surface area contributed by atoms with Crippen LogP contribution in [0.2, 0.25) is 0 Å². The zero-order valence-electron chi connectivity index (χ0n) is 14.6. The maximum Gasteiger partial charge on any atom is 0.326 e. The molecule has 0 spiro atoms. The van der Waals surface area contributed by atoms with Crippen LogP contribution in [-0.2, 0) is 14.3 Å². The van der Waals surface area contributed by atoms with Gasteiger partial charge < -0.3 is 14.8 Å². The fourth-order valence-corrected chi connectivity index (χ4v) is 2.37. The van der Waals surface area contributed by atoms with Gasteiger partial charge in [-0.25, -0.2) is 9.18 Å². The molecule has 1 N–H and O–H groups in total. The summed E-state index contributed by atoms with van der Waals surface area (Å²) in [6.07, 6.45) is 0.366. The first-order valence-corrected chi connectivity index (χ1v) is 7.88. The van der Waals surface area contributed by atoms with E-state index in [2.05, 4.69) is 5.32 Å². The number of nitrogens with one attached hydrogen (secondary N) is 1. The van der Waals surface area contributed by atoms with Gasteiger partial charge in [0.2, 0.25) is 0 Å². The lowest BCUT2D eigenvalue weighted by atomic mass is 9.99. The number of urea groups is 1. The van der Waals surface area contributed by atoms with Crippen molar-refractivity contribution >= 4 is 23.7 Å².